The van der Waals surface area contributed by atoms with Crippen LogP contribution in [0.2, 0.25) is 0 Å². The Balaban J connectivity index is 0. The number of halogens is 1. The first-order valence-electron chi connectivity index (χ1n) is 2.43. The Kier molecular flexibility index (Phi) is 8.99. The van der Waals surface area contributed by atoms with Gasteiger partial charge in [0.25, 0.3) is 0 Å². The second-order valence-corrected chi connectivity index (χ2v) is 1.53. The van der Waals surface area contributed by atoms with E-state index in [9.17, 15) is 0 Å². The molecule has 0 aromatic rings. The van der Waals surface area contributed by atoms with Gasteiger partial charge >= 0.3 is 0 Å². The van der Waals surface area contributed by atoms with Gasteiger partial charge in [0.2, 0.25) is 0 Å². The fraction of sp³-hybridized carbons (Fsp3) is 0.800. The maximum atomic E-state index is 8.04. The Morgan fingerprint density at radius 3 is 2.38 bits per heavy atom. The molecule has 48 valence electrons. The number of rotatable bonds is 2. The molecule has 0 aromatic carbocycles. The SMILES string of the molecule is CCC(N)CC#N.Cl. The van der Waals surface area contributed by atoms with Crippen molar-refractivity contribution >= 4 is 12.4 Å². The summed E-state index contributed by atoms with van der Waals surface area (Å²) in [5, 5.41) is 8.04. The molecule has 3 heteroatoms. The van der Waals surface area contributed by atoms with Crippen LogP contribution in [-0.4, -0.2) is 6.04 Å². The average molecular weight is 135 g/mol. The lowest BCUT2D eigenvalue weighted by molar-refractivity contribution is 0.665. The zero-order chi connectivity index (χ0) is 5.70. The summed E-state index contributed by atoms with van der Waals surface area (Å²) in [6.07, 6.45) is 1.38. The van der Waals surface area contributed by atoms with E-state index in [2.05, 4.69) is 0 Å². The molecule has 0 aliphatic carbocycles. The molecule has 2 N–H and O–H groups in total. The van der Waals surface area contributed by atoms with Crippen molar-refractivity contribution in [3.8, 4) is 6.07 Å². The van der Waals surface area contributed by atoms with Gasteiger partial charge in [-0.25, -0.2) is 0 Å². The van der Waals surface area contributed by atoms with Crippen molar-refractivity contribution in [3.05, 3.63) is 0 Å². The summed E-state index contributed by atoms with van der Waals surface area (Å²) in [6.45, 7) is 1.97. The van der Waals surface area contributed by atoms with Gasteiger partial charge in [0.1, 0.15) is 0 Å². The van der Waals surface area contributed by atoms with E-state index in [4.69, 9.17) is 11.0 Å². The van der Waals surface area contributed by atoms with Gasteiger partial charge < -0.3 is 5.73 Å². The topological polar surface area (TPSA) is 49.8 Å². The molecule has 0 aliphatic rings. The summed E-state index contributed by atoms with van der Waals surface area (Å²) in [4.78, 5) is 0. The molecule has 0 aromatic heterocycles. The fourth-order valence-corrected chi connectivity index (χ4v) is 0.262. The summed E-state index contributed by atoms with van der Waals surface area (Å²) in [7, 11) is 0. The molecule has 0 aliphatic heterocycles. The van der Waals surface area contributed by atoms with Crippen LogP contribution in [0, 0.1) is 11.3 Å². The number of nitriles is 1. The highest BCUT2D eigenvalue weighted by Crippen LogP contribution is 1.88. The van der Waals surface area contributed by atoms with E-state index >= 15 is 0 Å². The summed E-state index contributed by atoms with van der Waals surface area (Å²) in [6, 6.07) is 2.08. The first kappa shape index (κ1) is 10.7. The van der Waals surface area contributed by atoms with E-state index in [1.54, 1.807) is 0 Å². The molecule has 0 bridgehead atoms. The predicted octanol–water partition coefficient (Wildman–Crippen LogP) is 1.06. The Labute approximate surface area is 56.1 Å². The number of nitrogens with two attached hydrogens (primary N) is 1. The third-order valence-corrected chi connectivity index (χ3v) is 0.878. The van der Waals surface area contributed by atoms with Gasteiger partial charge in [-0.1, -0.05) is 6.92 Å². The molecular weight excluding hydrogens is 124 g/mol. The lowest BCUT2D eigenvalue weighted by Crippen LogP contribution is -2.16. The van der Waals surface area contributed by atoms with Crippen molar-refractivity contribution in [1.29, 1.82) is 5.26 Å². The first-order valence-corrected chi connectivity index (χ1v) is 2.43. The van der Waals surface area contributed by atoms with Crippen LogP contribution in [0.4, 0.5) is 0 Å². The molecule has 0 rings (SSSR count). The van der Waals surface area contributed by atoms with E-state index in [1.165, 1.54) is 0 Å². The van der Waals surface area contributed by atoms with Gasteiger partial charge in [-0.2, -0.15) is 5.26 Å². The average Bonchev–Trinajstić information content (AvgIpc) is 1.68. The van der Waals surface area contributed by atoms with Crippen molar-refractivity contribution in [2.45, 2.75) is 25.8 Å². The Morgan fingerprint density at radius 2 is 2.25 bits per heavy atom. The molecule has 0 amide bonds. The van der Waals surface area contributed by atoms with Crippen LogP contribution >= 0.6 is 12.4 Å². The molecule has 1 unspecified atom stereocenters. The minimum Gasteiger partial charge on any atom is -0.327 e. The Hall–Kier alpha value is -0.260. The lowest BCUT2D eigenvalue weighted by atomic mass is 10.2. The van der Waals surface area contributed by atoms with E-state index in [0.717, 1.165) is 6.42 Å². The Bertz CT molecular complexity index is 77.0. The van der Waals surface area contributed by atoms with Crippen LogP contribution in [0.25, 0.3) is 0 Å². The van der Waals surface area contributed by atoms with E-state index in [-0.39, 0.29) is 18.4 Å². The minimum atomic E-state index is 0. The highest BCUT2D eigenvalue weighted by Gasteiger charge is 1.93. The maximum absolute atomic E-state index is 8.04. The highest BCUT2D eigenvalue weighted by atomic mass is 35.5. The summed E-state index contributed by atoms with van der Waals surface area (Å²) < 4.78 is 0. The molecule has 0 saturated heterocycles. The predicted molar refractivity (Wildman–Crippen MR) is 35.7 cm³/mol. The first-order chi connectivity index (χ1) is 3.31. The monoisotopic (exact) mass is 134 g/mol. The van der Waals surface area contributed by atoms with E-state index in [1.807, 2.05) is 13.0 Å². The van der Waals surface area contributed by atoms with Gasteiger partial charge in [0.15, 0.2) is 0 Å². The second kappa shape index (κ2) is 6.74. The zero-order valence-electron chi connectivity index (χ0n) is 4.92. The minimum absolute atomic E-state index is 0. The quantitative estimate of drug-likeness (QED) is 0.614. The van der Waals surface area contributed by atoms with Gasteiger partial charge in [-0.3, -0.25) is 0 Å². The normalized spacial score (nSPS) is 11.1. The number of hydrogen-bond donors (Lipinski definition) is 1. The van der Waals surface area contributed by atoms with E-state index < -0.39 is 0 Å². The van der Waals surface area contributed by atoms with Crippen molar-refractivity contribution in [3.63, 3.8) is 0 Å². The summed E-state index contributed by atoms with van der Waals surface area (Å²) in [5.41, 5.74) is 5.36. The van der Waals surface area contributed by atoms with Crippen molar-refractivity contribution in [2.24, 2.45) is 5.73 Å². The van der Waals surface area contributed by atoms with E-state index in [0.29, 0.717) is 6.42 Å². The summed E-state index contributed by atoms with van der Waals surface area (Å²) >= 11 is 0. The van der Waals surface area contributed by atoms with Crippen LogP contribution in [-0.2, 0) is 0 Å². The van der Waals surface area contributed by atoms with Crippen LogP contribution in [0.15, 0.2) is 0 Å². The standard InChI is InChI=1S/C5H10N2.ClH/c1-2-5(7)3-4-6;/h5H,2-3,7H2,1H3;1H. The molecule has 8 heavy (non-hydrogen) atoms. The molecule has 0 heterocycles. The molecule has 2 nitrogen and oxygen atoms in total. The van der Waals surface area contributed by atoms with Crippen LogP contribution in [0.3, 0.4) is 0 Å². The molecule has 0 fully saturated rings. The summed E-state index contributed by atoms with van der Waals surface area (Å²) in [5.74, 6) is 0. The van der Waals surface area contributed by atoms with Crippen LogP contribution in [0.1, 0.15) is 19.8 Å². The van der Waals surface area contributed by atoms with Crippen molar-refractivity contribution < 1.29 is 0 Å². The third-order valence-electron chi connectivity index (χ3n) is 0.878. The largest absolute Gasteiger partial charge is 0.327 e. The smallest absolute Gasteiger partial charge is 0.0638 e. The Morgan fingerprint density at radius 1 is 1.75 bits per heavy atom. The van der Waals surface area contributed by atoms with Crippen LogP contribution in [0.5, 0.6) is 0 Å². The number of nitrogens with zero attached hydrogens (tertiary/aromatic N) is 1. The molecule has 0 saturated carbocycles. The van der Waals surface area contributed by atoms with Gasteiger partial charge in [0, 0.05) is 6.04 Å². The molecule has 1 atom stereocenters. The highest BCUT2D eigenvalue weighted by molar-refractivity contribution is 5.85. The molecule has 0 spiro atoms. The van der Waals surface area contributed by atoms with Gasteiger partial charge in [0.05, 0.1) is 12.5 Å². The van der Waals surface area contributed by atoms with Crippen LogP contribution < -0.4 is 5.73 Å². The van der Waals surface area contributed by atoms with Gasteiger partial charge in [-0.05, 0) is 6.42 Å². The molecule has 0 radical (unpaired) electrons. The fourth-order valence-electron chi connectivity index (χ4n) is 0.262. The second-order valence-electron chi connectivity index (χ2n) is 1.53. The van der Waals surface area contributed by atoms with Gasteiger partial charge in [-0.15, -0.1) is 12.4 Å². The third kappa shape index (κ3) is 5.74. The molecular formula is C5H11ClN2. The lowest BCUT2D eigenvalue weighted by Gasteiger charge is -1.97. The van der Waals surface area contributed by atoms with Crippen molar-refractivity contribution in [2.75, 3.05) is 0 Å². The maximum Gasteiger partial charge on any atom is 0.0638 e. The van der Waals surface area contributed by atoms with Crippen molar-refractivity contribution in [1.82, 2.24) is 0 Å². The number of hydrogen-bond acceptors (Lipinski definition) is 2. The zero-order valence-corrected chi connectivity index (χ0v) is 5.74.